The molecule has 0 rings (SSSR count). The van der Waals surface area contributed by atoms with Crippen molar-refractivity contribution < 1.29 is 92.5 Å². The Bertz CT molecular complexity index is 577. The van der Waals surface area contributed by atoms with E-state index in [2.05, 4.69) is 0 Å². The molecule has 2 atom stereocenters. The lowest BCUT2D eigenvalue weighted by Gasteiger charge is -2.43. The Balaban J connectivity index is 6.99. The SMILES string of the molecule is FC(F)C(F)(OC(F)(C(F)F)C(F)(F)C(F)(F)C(F)(F)F)C(F)(F)C(F)(F)C(F)(F)F. The van der Waals surface area contributed by atoms with Gasteiger partial charge in [0.2, 0.25) is 0 Å². The Labute approximate surface area is 154 Å². The maximum Gasteiger partial charge on any atom is 0.460 e. The third-order valence-corrected chi connectivity index (χ3v) is 3.22. The fourth-order valence-corrected chi connectivity index (χ4v) is 1.49. The van der Waals surface area contributed by atoms with Crippen LogP contribution in [0.2, 0.25) is 0 Å². The summed E-state index contributed by atoms with van der Waals surface area (Å²) in [5.41, 5.74) is 0. The van der Waals surface area contributed by atoms with Crippen LogP contribution >= 0.6 is 0 Å². The quantitative estimate of drug-likeness (QED) is 0.333. The number of ether oxygens (including phenoxy) is 1. The minimum atomic E-state index is -8.36. The lowest BCUT2D eigenvalue weighted by atomic mass is 9.99. The number of alkyl halides is 20. The average molecular weight is 518 g/mol. The highest BCUT2D eigenvalue weighted by atomic mass is 19.4. The third-order valence-electron chi connectivity index (χ3n) is 3.22. The largest absolute Gasteiger partial charge is 0.460 e. The standard InChI is InChI=1S/C10H2F20O/c11-1(12)3(15,5(17,18)7(21,22)9(25,26)27)31-4(16,2(13)14)6(19,20)8(23,24)10(28,29)30/h1-2H. The van der Waals surface area contributed by atoms with E-state index in [0.717, 1.165) is 0 Å². The molecule has 31 heavy (non-hydrogen) atoms. The van der Waals surface area contributed by atoms with E-state index in [1.807, 2.05) is 0 Å². The van der Waals surface area contributed by atoms with E-state index in [9.17, 15) is 87.8 Å². The van der Waals surface area contributed by atoms with E-state index >= 15 is 0 Å². The first kappa shape index (κ1) is 29.6. The summed E-state index contributed by atoms with van der Waals surface area (Å²) in [4.78, 5) is 0. The van der Waals surface area contributed by atoms with Crippen LogP contribution in [0, 0.1) is 0 Å². The molecule has 0 aliphatic carbocycles. The molecule has 0 saturated carbocycles. The normalized spacial score (nSPS) is 19.5. The van der Waals surface area contributed by atoms with Crippen molar-refractivity contribution in [3.63, 3.8) is 0 Å². The second-order valence-electron chi connectivity index (χ2n) is 5.29. The van der Waals surface area contributed by atoms with Gasteiger partial charge in [-0.2, -0.15) is 70.2 Å². The first-order chi connectivity index (χ1) is 13.1. The van der Waals surface area contributed by atoms with Gasteiger partial charge in [-0.1, -0.05) is 0 Å². The molecule has 0 heterocycles. The van der Waals surface area contributed by atoms with Crippen molar-refractivity contribution in [2.24, 2.45) is 0 Å². The first-order valence-corrected chi connectivity index (χ1v) is 6.38. The molecule has 0 N–H and O–H groups in total. The Morgan fingerprint density at radius 1 is 0.355 bits per heavy atom. The van der Waals surface area contributed by atoms with Gasteiger partial charge in [0.1, 0.15) is 0 Å². The minimum absolute atomic E-state index is 1.35. The Hall–Kier alpha value is -1.44. The Kier molecular flexibility index (Phi) is 7.21. The van der Waals surface area contributed by atoms with Crippen LogP contribution in [0.4, 0.5) is 87.8 Å². The number of rotatable bonds is 8. The topological polar surface area (TPSA) is 9.23 Å². The van der Waals surface area contributed by atoms with Crippen LogP contribution in [0.15, 0.2) is 0 Å². The van der Waals surface area contributed by atoms with Gasteiger partial charge in [0.15, 0.2) is 0 Å². The highest BCUT2D eigenvalue weighted by Gasteiger charge is 2.89. The van der Waals surface area contributed by atoms with Crippen molar-refractivity contribution >= 4 is 0 Å². The second-order valence-corrected chi connectivity index (χ2v) is 5.29. The maximum absolute atomic E-state index is 13.7. The summed E-state index contributed by atoms with van der Waals surface area (Å²) in [5.74, 6) is -49.0. The minimum Gasteiger partial charge on any atom is -0.289 e. The van der Waals surface area contributed by atoms with Crippen LogP contribution in [0.5, 0.6) is 0 Å². The van der Waals surface area contributed by atoms with Gasteiger partial charge in [0, 0.05) is 0 Å². The van der Waals surface area contributed by atoms with Crippen molar-refractivity contribution in [1.29, 1.82) is 0 Å². The van der Waals surface area contributed by atoms with Crippen molar-refractivity contribution in [2.45, 2.75) is 60.6 Å². The van der Waals surface area contributed by atoms with E-state index in [1.165, 1.54) is 4.74 Å². The van der Waals surface area contributed by atoms with Gasteiger partial charge in [-0.05, 0) is 0 Å². The number of hydrogen-bond acceptors (Lipinski definition) is 1. The molecule has 0 aliphatic rings. The molecule has 0 fully saturated rings. The van der Waals surface area contributed by atoms with Crippen molar-refractivity contribution in [3.05, 3.63) is 0 Å². The number of hydrogen-bond donors (Lipinski definition) is 0. The van der Waals surface area contributed by atoms with E-state index in [4.69, 9.17) is 0 Å². The molecule has 0 radical (unpaired) electrons. The lowest BCUT2D eigenvalue weighted by Crippen LogP contribution is -2.73. The van der Waals surface area contributed by atoms with Crippen LogP contribution < -0.4 is 0 Å². The van der Waals surface area contributed by atoms with Crippen molar-refractivity contribution in [3.8, 4) is 0 Å². The third kappa shape index (κ3) is 4.05. The highest BCUT2D eigenvalue weighted by Crippen LogP contribution is 2.60. The summed E-state index contributed by atoms with van der Waals surface area (Å²) in [6, 6.07) is 0. The van der Waals surface area contributed by atoms with E-state index in [0.29, 0.717) is 0 Å². The molecule has 0 saturated heterocycles. The molecule has 0 aromatic heterocycles. The van der Waals surface area contributed by atoms with Gasteiger partial charge in [-0.25, -0.2) is 17.6 Å². The van der Waals surface area contributed by atoms with Crippen LogP contribution in [0.3, 0.4) is 0 Å². The molecule has 0 aromatic rings. The summed E-state index contributed by atoms with van der Waals surface area (Å²) >= 11 is 0. The van der Waals surface area contributed by atoms with Crippen molar-refractivity contribution in [1.82, 2.24) is 0 Å². The summed E-state index contributed by atoms with van der Waals surface area (Å²) in [5, 5.41) is 0. The molecule has 0 amide bonds. The Morgan fingerprint density at radius 3 is 0.677 bits per heavy atom. The molecule has 0 bridgehead atoms. The molecule has 1 nitrogen and oxygen atoms in total. The zero-order chi connectivity index (χ0) is 25.9. The van der Waals surface area contributed by atoms with Crippen LogP contribution in [-0.4, -0.2) is 60.6 Å². The first-order valence-electron chi connectivity index (χ1n) is 6.38. The Morgan fingerprint density at radius 2 is 0.548 bits per heavy atom. The predicted molar refractivity (Wildman–Crippen MR) is 52.7 cm³/mol. The molecule has 0 aliphatic heterocycles. The van der Waals surface area contributed by atoms with Crippen molar-refractivity contribution in [2.75, 3.05) is 0 Å². The lowest BCUT2D eigenvalue weighted by molar-refractivity contribution is -0.498. The van der Waals surface area contributed by atoms with Gasteiger partial charge < -0.3 is 0 Å². The van der Waals surface area contributed by atoms with Gasteiger partial charge in [-0.3, -0.25) is 4.74 Å². The summed E-state index contributed by atoms with van der Waals surface area (Å²) < 4.78 is 254. The molecule has 0 aromatic carbocycles. The molecular weight excluding hydrogens is 516 g/mol. The van der Waals surface area contributed by atoms with Gasteiger partial charge >= 0.3 is 60.6 Å². The second kappa shape index (κ2) is 7.56. The van der Waals surface area contributed by atoms with Gasteiger partial charge in [0.25, 0.3) is 0 Å². The fraction of sp³-hybridized carbons (Fsp3) is 1.00. The average Bonchev–Trinajstić information content (AvgIpc) is 2.51. The molecule has 0 spiro atoms. The van der Waals surface area contributed by atoms with Gasteiger partial charge in [-0.15, -0.1) is 0 Å². The van der Waals surface area contributed by atoms with Gasteiger partial charge in [0.05, 0.1) is 0 Å². The molecular formula is C10H2F20O. The van der Waals surface area contributed by atoms with E-state index in [-0.39, 0.29) is 0 Å². The zero-order valence-electron chi connectivity index (χ0n) is 13.1. The van der Waals surface area contributed by atoms with E-state index < -0.39 is 60.6 Å². The molecule has 188 valence electrons. The van der Waals surface area contributed by atoms with Crippen LogP contribution in [0.1, 0.15) is 0 Å². The number of halogens is 20. The zero-order valence-corrected chi connectivity index (χ0v) is 13.1. The smallest absolute Gasteiger partial charge is 0.289 e. The van der Waals surface area contributed by atoms with Crippen LogP contribution in [0.25, 0.3) is 0 Å². The van der Waals surface area contributed by atoms with Crippen LogP contribution in [-0.2, 0) is 4.74 Å². The molecule has 21 heteroatoms. The summed E-state index contributed by atoms with van der Waals surface area (Å²) in [6.45, 7) is 0. The highest BCUT2D eigenvalue weighted by molar-refractivity contribution is 5.07. The summed E-state index contributed by atoms with van der Waals surface area (Å²) in [6.07, 6.45) is -28.5. The van der Waals surface area contributed by atoms with E-state index in [1.54, 1.807) is 0 Å². The molecule has 2 unspecified atom stereocenters. The monoisotopic (exact) mass is 518 g/mol. The predicted octanol–water partition coefficient (Wildman–Crippen LogP) is 6.53. The maximum atomic E-state index is 13.7. The fourth-order valence-electron chi connectivity index (χ4n) is 1.49. The summed E-state index contributed by atoms with van der Waals surface area (Å²) in [7, 11) is 0.